The molecule has 19 heavy (non-hydrogen) atoms. The van der Waals surface area contributed by atoms with Gasteiger partial charge in [-0.05, 0) is 31.9 Å². The van der Waals surface area contributed by atoms with Crippen molar-refractivity contribution in [3.05, 3.63) is 29.8 Å². The Morgan fingerprint density at radius 1 is 1.32 bits per heavy atom. The van der Waals surface area contributed by atoms with Crippen LogP contribution >= 0.6 is 0 Å². The number of carbonyl (C=O) groups is 1. The van der Waals surface area contributed by atoms with Gasteiger partial charge in [-0.3, -0.25) is 4.79 Å². The lowest BCUT2D eigenvalue weighted by molar-refractivity contribution is -0.130. The summed E-state index contributed by atoms with van der Waals surface area (Å²) in [6, 6.07) is 8.17. The quantitative estimate of drug-likeness (QED) is 0.849. The smallest absolute Gasteiger partial charge is 0.224 e. The van der Waals surface area contributed by atoms with Crippen molar-refractivity contribution in [3.8, 4) is 0 Å². The number of nitrogens with one attached hydrogen (secondary N) is 1. The summed E-state index contributed by atoms with van der Waals surface area (Å²) < 4.78 is 0. The Bertz CT molecular complexity index is 410. The molecule has 0 radical (unpaired) electrons. The Balaban J connectivity index is 1.88. The molecular formula is C15H23N3O. The molecule has 1 aliphatic rings. The van der Waals surface area contributed by atoms with Gasteiger partial charge in [-0.2, -0.15) is 0 Å². The van der Waals surface area contributed by atoms with Gasteiger partial charge in [0.2, 0.25) is 5.91 Å². The fraction of sp³-hybridized carbons (Fsp3) is 0.533. The number of likely N-dealkylation sites (tertiary alicyclic amines) is 1. The molecule has 1 fully saturated rings. The standard InChI is InChI=1S/C15H23N3O/c1-12-4-6-13(7-5-12)17-14(11-16)10-15(19)18-8-2-3-9-18/h4-7,14,17H,2-3,8-11,16H2,1H3. The summed E-state index contributed by atoms with van der Waals surface area (Å²) in [5.74, 6) is 0.215. The third-order valence-corrected chi connectivity index (χ3v) is 3.59. The van der Waals surface area contributed by atoms with Crippen molar-refractivity contribution in [2.24, 2.45) is 5.73 Å². The van der Waals surface area contributed by atoms with Crippen LogP contribution in [-0.2, 0) is 4.79 Å². The maximum atomic E-state index is 12.1. The number of hydrogen-bond acceptors (Lipinski definition) is 3. The van der Waals surface area contributed by atoms with Gasteiger partial charge in [0.15, 0.2) is 0 Å². The third-order valence-electron chi connectivity index (χ3n) is 3.59. The zero-order valence-corrected chi connectivity index (χ0v) is 11.6. The van der Waals surface area contributed by atoms with E-state index in [9.17, 15) is 4.79 Å². The van der Waals surface area contributed by atoms with Gasteiger partial charge in [-0.25, -0.2) is 0 Å². The molecule has 1 atom stereocenters. The second-order valence-corrected chi connectivity index (χ2v) is 5.24. The fourth-order valence-corrected chi connectivity index (χ4v) is 2.39. The van der Waals surface area contributed by atoms with Crippen LogP contribution in [0.4, 0.5) is 5.69 Å². The van der Waals surface area contributed by atoms with Crippen molar-refractivity contribution in [3.63, 3.8) is 0 Å². The van der Waals surface area contributed by atoms with Gasteiger partial charge >= 0.3 is 0 Å². The van der Waals surface area contributed by atoms with E-state index in [4.69, 9.17) is 5.73 Å². The predicted molar refractivity (Wildman–Crippen MR) is 78.1 cm³/mol. The molecule has 2 rings (SSSR count). The van der Waals surface area contributed by atoms with Gasteiger partial charge in [-0.1, -0.05) is 17.7 Å². The molecule has 4 heteroatoms. The summed E-state index contributed by atoms with van der Waals surface area (Å²) in [4.78, 5) is 14.0. The van der Waals surface area contributed by atoms with Crippen LogP contribution in [0.5, 0.6) is 0 Å². The Morgan fingerprint density at radius 3 is 2.53 bits per heavy atom. The van der Waals surface area contributed by atoms with Crippen LogP contribution in [0.25, 0.3) is 0 Å². The van der Waals surface area contributed by atoms with E-state index in [-0.39, 0.29) is 11.9 Å². The maximum absolute atomic E-state index is 12.1. The van der Waals surface area contributed by atoms with Gasteiger partial charge in [-0.15, -0.1) is 0 Å². The number of rotatable bonds is 5. The summed E-state index contributed by atoms with van der Waals surface area (Å²) >= 11 is 0. The Hall–Kier alpha value is -1.55. The molecule has 0 spiro atoms. The van der Waals surface area contributed by atoms with Crippen molar-refractivity contribution < 1.29 is 4.79 Å². The lowest BCUT2D eigenvalue weighted by Crippen LogP contribution is -2.37. The molecule has 4 nitrogen and oxygen atoms in total. The minimum absolute atomic E-state index is 0.0100. The van der Waals surface area contributed by atoms with Crippen LogP contribution in [0.2, 0.25) is 0 Å². The molecule has 0 bridgehead atoms. The van der Waals surface area contributed by atoms with E-state index in [1.54, 1.807) is 0 Å². The highest BCUT2D eigenvalue weighted by Crippen LogP contribution is 2.14. The van der Waals surface area contributed by atoms with Crippen LogP contribution in [0.1, 0.15) is 24.8 Å². The van der Waals surface area contributed by atoms with Crippen LogP contribution in [-0.4, -0.2) is 36.5 Å². The summed E-state index contributed by atoms with van der Waals surface area (Å²) in [6.45, 7) is 4.33. The summed E-state index contributed by atoms with van der Waals surface area (Å²) in [5.41, 5.74) is 8.01. The minimum atomic E-state index is 0.0100. The molecule has 1 aliphatic heterocycles. The molecule has 1 heterocycles. The predicted octanol–water partition coefficient (Wildman–Crippen LogP) is 1.75. The number of amides is 1. The monoisotopic (exact) mass is 261 g/mol. The summed E-state index contributed by atoms with van der Waals surface area (Å²) in [7, 11) is 0. The van der Waals surface area contributed by atoms with E-state index < -0.39 is 0 Å². The van der Waals surface area contributed by atoms with Crippen LogP contribution in [0, 0.1) is 6.92 Å². The average molecular weight is 261 g/mol. The van der Waals surface area contributed by atoms with Gasteiger partial charge in [0.25, 0.3) is 0 Å². The first-order valence-electron chi connectivity index (χ1n) is 7.00. The number of benzene rings is 1. The number of hydrogen-bond donors (Lipinski definition) is 2. The highest BCUT2D eigenvalue weighted by Gasteiger charge is 2.20. The lowest BCUT2D eigenvalue weighted by Gasteiger charge is -2.21. The van der Waals surface area contributed by atoms with Crippen molar-refractivity contribution in [1.29, 1.82) is 0 Å². The minimum Gasteiger partial charge on any atom is -0.381 e. The van der Waals surface area contributed by atoms with Gasteiger partial charge in [0.1, 0.15) is 0 Å². The molecule has 0 aromatic heterocycles. The normalized spacial score (nSPS) is 16.4. The molecular weight excluding hydrogens is 238 g/mol. The van der Waals surface area contributed by atoms with Crippen LogP contribution in [0.3, 0.4) is 0 Å². The van der Waals surface area contributed by atoms with E-state index >= 15 is 0 Å². The fourth-order valence-electron chi connectivity index (χ4n) is 2.39. The first-order valence-corrected chi connectivity index (χ1v) is 7.00. The van der Waals surface area contributed by atoms with E-state index in [0.29, 0.717) is 13.0 Å². The zero-order chi connectivity index (χ0) is 13.7. The number of aryl methyl sites for hydroxylation is 1. The topological polar surface area (TPSA) is 58.4 Å². The number of carbonyl (C=O) groups excluding carboxylic acids is 1. The highest BCUT2D eigenvalue weighted by molar-refractivity contribution is 5.77. The molecule has 0 saturated carbocycles. The second kappa shape index (κ2) is 6.57. The first kappa shape index (κ1) is 13.9. The number of nitrogens with zero attached hydrogens (tertiary/aromatic N) is 1. The molecule has 1 amide bonds. The zero-order valence-electron chi connectivity index (χ0n) is 11.6. The summed E-state index contributed by atoms with van der Waals surface area (Å²) in [6.07, 6.45) is 2.74. The Labute approximate surface area is 115 Å². The van der Waals surface area contributed by atoms with E-state index in [1.807, 2.05) is 17.0 Å². The molecule has 3 N–H and O–H groups in total. The molecule has 1 aromatic carbocycles. The molecule has 1 saturated heterocycles. The van der Waals surface area contributed by atoms with Gasteiger partial charge in [0.05, 0.1) is 0 Å². The van der Waals surface area contributed by atoms with Crippen molar-refractivity contribution in [1.82, 2.24) is 4.90 Å². The number of anilines is 1. The molecule has 1 unspecified atom stereocenters. The Morgan fingerprint density at radius 2 is 1.95 bits per heavy atom. The average Bonchev–Trinajstić information content (AvgIpc) is 2.94. The third kappa shape index (κ3) is 3.96. The molecule has 0 aliphatic carbocycles. The maximum Gasteiger partial charge on any atom is 0.224 e. The van der Waals surface area contributed by atoms with E-state index in [0.717, 1.165) is 31.6 Å². The van der Waals surface area contributed by atoms with Crippen LogP contribution < -0.4 is 11.1 Å². The number of nitrogens with two attached hydrogens (primary N) is 1. The van der Waals surface area contributed by atoms with E-state index in [1.165, 1.54) is 5.56 Å². The first-order chi connectivity index (χ1) is 9.19. The molecule has 104 valence electrons. The van der Waals surface area contributed by atoms with Crippen molar-refractivity contribution in [2.75, 3.05) is 25.0 Å². The van der Waals surface area contributed by atoms with Gasteiger partial charge < -0.3 is 16.0 Å². The Kier molecular flexibility index (Phi) is 4.80. The van der Waals surface area contributed by atoms with Crippen molar-refractivity contribution in [2.45, 2.75) is 32.2 Å². The van der Waals surface area contributed by atoms with Crippen LogP contribution in [0.15, 0.2) is 24.3 Å². The summed E-state index contributed by atoms with van der Waals surface area (Å²) in [5, 5.41) is 3.34. The van der Waals surface area contributed by atoms with Crippen molar-refractivity contribution >= 4 is 11.6 Å². The second-order valence-electron chi connectivity index (χ2n) is 5.24. The molecule has 1 aromatic rings. The SMILES string of the molecule is Cc1ccc(NC(CN)CC(=O)N2CCCC2)cc1. The largest absolute Gasteiger partial charge is 0.381 e. The highest BCUT2D eigenvalue weighted by atomic mass is 16.2. The van der Waals surface area contributed by atoms with E-state index in [2.05, 4.69) is 24.4 Å². The van der Waals surface area contributed by atoms with Gasteiger partial charge in [0, 0.05) is 37.8 Å². The lowest BCUT2D eigenvalue weighted by atomic mass is 10.1.